The Morgan fingerprint density at radius 1 is 1.13 bits per heavy atom. The number of nitrogens with one attached hydrogen (secondary N) is 1. The standard InChI is InChI=1S/C16H23N3O3S/c1-11-8-12(2)10-15(9-11)22-7-6-19(5)23(20,21)16-13(3)17-18-14(16)4/h8-10H,6-7H2,1-5H3,(H,17,18). The number of H-pyrrole nitrogens is 1. The van der Waals surface area contributed by atoms with Crippen LogP contribution in [0.15, 0.2) is 23.1 Å². The second-order valence-electron chi connectivity index (χ2n) is 5.76. The smallest absolute Gasteiger partial charge is 0.246 e. The number of benzene rings is 1. The Balaban J connectivity index is 2.03. The van der Waals surface area contributed by atoms with E-state index in [-0.39, 0.29) is 18.0 Å². The first kappa shape index (κ1) is 17.5. The molecule has 0 unspecified atom stereocenters. The molecule has 0 saturated heterocycles. The Hall–Kier alpha value is -1.86. The predicted molar refractivity (Wildman–Crippen MR) is 89.3 cm³/mol. The van der Waals surface area contributed by atoms with Gasteiger partial charge in [0.15, 0.2) is 0 Å². The van der Waals surface area contributed by atoms with E-state index in [4.69, 9.17) is 4.74 Å². The number of ether oxygens (including phenoxy) is 1. The Kier molecular flexibility index (Phi) is 5.11. The van der Waals surface area contributed by atoms with E-state index in [0.29, 0.717) is 11.4 Å². The number of hydrogen-bond donors (Lipinski definition) is 1. The van der Waals surface area contributed by atoms with Crippen molar-refractivity contribution in [2.24, 2.45) is 0 Å². The van der Waals surface area contributed by atoms with Crippen LogP contribution in [0.4, 0.5) is 0 Å². The van der Waals surface area contributed by atoms with Gasteiger partial charge in [-0.15, -0.1) is 0 Å². The molecule has 0 radical (unpaired) electrons. The molecule has 2 aromatic rings. The fourth-order valence-electron chi connectivity index (χ4n) is 2.51. The molecule has 126 valence electrons. The maximum atomic E-state index is 12.6. The molecule has 0 aliphatic heterocycles. The van der Waals surface area contributed by atoms with Crippen LogP contribution < -0.4 is 4.74 Å². The van der Waals surface area contributed by atoms with E-state index in [1.54, 1.807) is 20.9 Å². The summed E-state index contributed by atoms with van der Waals surface area (Å²) in [7, 11) is -2.02. The van der Waals surface area contributed by atoms with Crippen LogP contribution in [0, 0.1) is 27.7 Å². The zero-order valence-electron chi connectivity index (χ0n) is 14.2. The molecule has 0 saturated carbocycles. The van der Waals surface area contributed by atoms with Gasteiger partial charge in [0.05, 0.1) is 11.4 Å². The summed E-state index contributed by atoms with van der Waals surface area (Å²) in [5.41, 5.74) is 3.26. The molecule has 2 rings (SSSR count). The minimum atomic E-state index is -3.57. The summed E-state index contributed by atoms with van der Waals surface area (Å²) in [5.74, 6) is 0.754. The van der Waals surface area contributed by atoms with Crippen molar-refractivity contribution in [2.45, 2.75) is 32.6 Å². The van der Waals surface area contributed by atoms with Crippen LogP contribution in [0.25, 0.3) is 0 Å². The molecule has 6 nitrogen and oxygen atoms in total. The lowest BCUT2D eigenvalue weighted by atomic mass is 10.1. The highest BCUT2D eigenvalue weighted by molar-refractivity contribution is 7.89. The molecule has 0 amide bonds. The quantitative estimate of drug-likeness (QED) is 0.878. The van der Waals surface area contributed by atoms with Gasteiger partial charge in [0.25, 0.3) is 0 Å². The van der Waals surface area contributed by atoms with Crippen LogP contribution >= 0.6 is 0 Å². The second kappa shape index (κ2) is 6.72. The highest BCUT2D eigenvalue weighted by Gasteiger charge is 2.26. The molecule has 1 heterocycles. The Morgan fingerprint density at radius 3 is 2.26 bits per heavy atom. The average Bonchev–Trinajstić information content (AvgIpc) is 2.77. The third kappa shape index (κ3) is 3.92. The van der Waals surface area contributed by atoms with Gasteiger partial charge in [-0.3, -0.25) is 5.10 Å². The van der Waals surface area contributed by atoms with Crippen molar-refractivity contribution in [3.05, 3.63) is 40.7 Å². The Labute approximate surface area is 137 Å². The van der Waals surface area contributed by atoms with Crippen LogP contribution in [0.1, 0.15) is 22.5 Å². The number of aryl methyl sites for hydroxylation is 4. The van der Waals surface area contributed by atoms with Gasteiger partial charge in [0.2, 0.25) is 10.0 Å². The van der Waals surface area contributed by atoms with Gasteiger partial charge in [-0.1, -0.05) is 6.07 Å². The molecule has 23 heavy (non-hydrogen) atoms. The summed E-state index contributed by atoms with van der Waals surface area (Å²) in [6.45, 7) is 7.93. The highest BCUT2D eigenvalue weighted by atomic mass is 32.2. The van der Waals surface area contributed by atoms with Gasteiger partial charge < -0.3 is 4.74 Å². The minimum Gasteiger partial charge on any atom is -0.492 e. The number of aromatic amines is 1. The van der Waals surface area contributed by atoms with E-state index in [9.17, 15) is 8.42 Å². The molecular weight excluding hydrogens is 314 g/mol. The Bertz CT molecular complexity index is 757. The average molecular weight is 337 g/mol. The molecular formula is C16H23N3O3S. The third-order valence-electron chi connectivity index (χ3n) is 3.60. The lowest BCUT2D eigenvalue weighted by molar-refractivity contribution is 0.286. The van der Waals surface area contributed by atoms with Crippen LogP contribution in [0.2, 0.25) is 0 Å². The number of nitrogens with zero attached hydrogens (tertiary/aromatic N) is 2. The van der Waals surface area contributed by atoms with Gasteiger partial charge in [-0.25, -0.2) is 8.42 Å². The summed E-state index contributed by atoms with van der Waals surface area (Å²) in [5, 5.41) is 6.66. The first-order valence-corrected chi connectivity index (χ1v) is 8.85. The molecule has 1 aromatic heterocycles. The molecule has 0 fully saturated rings. The molecule has 0 aliphatic rings. The molecule has 7 heteroatoms. The number of sulfonamides is 1. The van der Waals surface area contributed by atoms with Gasteiger partial charge in [-0.2, -0.15) is 9.40 Å². The van der Waals surface area contributed by atoms with Crippen LogP contribution in [-0.4, -0.2) is 43.1 Å². The van der Waals surface area contributed by atoms with E-state index in [2.05, 4.69) is 16.3 Å². The number of rotatable bonds is 6. The summed E-state index contributed by atoms with van der Waals surface area (Å²) >= 11 is 0. The maximum absolute atomic E-state index is 12.6. The van der Waals surface area contributed by atoms with Crippen molar-refractivity contribution in [3.8, 4) is 5.75 Å². The van der Waals surface area contributed by atoms with Crippen LogP contribution in [0.3, 0.4) is 0 Å². The molecule has 1 N–H and O–H groups in total. The second-order valence-corrected chi connectivity index (χ2v) is 7.74. The van der Waals surface area contributed by atoms with E-state index in [1.807, 2.05) is 26.0 Å². The topological polar surface area (TPSA) is 75.3 Å². The summed E-state index contributed by atoms with van der Waals surface area (Å²) in [4.78, 5) is 0.242. The van der Waals surface area contributed by atoms with E-state index in [0.717, 1.165) is 16.9 Å². The first-order valence-electron chi connectivity index (χ1n) is 7.41. The Morgan fingerprint density at radius 2 is 1.74 bits per heavy atom. The van der Waals surface area contributed by atoms with E-state index in [1.165, 1.54) is 4.31 Å². The van der Waals surface area contributed by atoms with Crippen molar-refractivity contribution in [1.82, 2.24) is 14.5 Å². The van der Waals surface area contributed by atoms with Crippen molar-refractivity contribution < 1.29 is 13.2 Å². The maximum Gasteiger partial charge on any atom is 0.246 e. The largest absolute Gasteiger partial charge is 0.492 e. The third-order valence-corrected chi connectivity index (χ3v) is 5.72. The van der Waals surface area contributed by atoms with Gasteiger partial charge in [0, 0.05) is 13.6 Å². The minimum absolute atomic E-state index is 0.242. The van der Waals surface area contributed by atoms with E-state index >= 15 is 0 Å². The van der Waals surface area contributed by atoms with Crippen molar-refractivity contribution in [1.29, 1.82) is 0 Å². The SMILES string of the molecule is Cc1cc(C)cc(OCCN(C)S(=O)(=O)c2c(C)n[nH]c2C)c1. The normalized spacial score (nSPS) is 11.9. The van der Waals surface area contributed by atoms with Crippen LogP contribution in [0.5, 0.6) is 5.75 Å². The first-order chi connectivity index (χ1) is 10.7. The van der Waals surface area contributed by atoms with Gasteiger partial charge in [0.1, 0.15) is 17.3 Å². The van der Waals surface area contributed by atoms with E-state index < -0.39 is 10.0 Å². The number of likely N-dealkylation sites (N-methyl/N-ethyl adjacent to an activating group) is 1. The zero-order chi connectivity index (χ0) is 17.2. The number of aromatic nitrogens is 2. The fraction of sp³-hybridized carbons (Fsp3) is 0.438. The fourth-order valence-corrected chi connectivity index (χ4v) is 3.98. The number of hydrogen-bond acceptors (Lipinski definition) is 4. The zero-order valence-corrected chi connectivity index (χ0v) is 15.0. The lowest BCUT2D eigenvalue weighted by Crippen LogP contribution is -2.31. The highest BCUT2D eigenvalue weighted by Crippen LogP contribution is 2.21. The summed E-state index contributed by atoms with van der Waals surface area (Å²) in [6, 6.07) is 5.94. The molecule has 0 atom stereocenters. The summed E-state index contributed by atoms with van der Waals surface area (Å²) in [6.07, 6.45) is 0. The van der Waals surface area contributed by atoms with Crippen molar-refractivity contribution in [2.75, 3.05) is 20.2 Å². The summed E-state index contributed by atoms with van der Waals surface area (Å²) < 4.78 is 32.2. The molecule has 1 aromatic carbocycles. The van der Waals surface area contributed by atoms with Crippen molar-refractivity contribution >= 4 is 10.0 Å². The van der Waals surface area contributed by atoms with Gasteiger partial charge in [-0.05, 0) is 51.0 Å². The van der Waals surface area contributed by atoms with Gasteiger partial charge >= 0.3 is 0 Å². The molecule has 0 spiro atoms. The molecule has 0 aliphatic carbocycles. The monoisotopic (exact) mass is 337 g/mol. The molecule has 0 bridgehead atoms. The van der Waals surface area contributed by atoms with Crippen LogP contribution in [-0.2, 0) is 10.0 Å². The lowest BCUT2D eigenvalue weighted by Gasteiger charge is -2.18. The van der Waals surface area contributed by atoms with Crippen molar-refractivity contribution in [3.63, 3.8) is 0 Å². The predicted octanol–water partition coefficient (Wildman–Crippen LogP) is 2.34.